The van der Waals surface area contributed by atoms with Gasteiger partial charge in [-0.1, -0.05) is 6.07 Å². The van der Waals surface area contributed by atoms with Crippen molar-refractivity contribution in [3.63, 3.8) is 0 Å². The highest BCUT2D eigenvalue weighted by Crippen LogP contribution is 2.29. The fourth-order valence-electron chi connectivity index (χ4n) is 3.93. The highest BCUT2D eigenvalue weighted by molar-refractivity contribution is 7.07. The third kappa shape index (κ3) is 2.63. The summed E-state index contributed by atoms with van der Waals surface area (Å²) in [7, 11) is 0. The summed E-state index contributed by atoms with van der Waals surface area (Å²) >= 11 is 1.49. The number of fused-ring (bicyclic) bond motifs is 4. The van der Waals surface area contributed by atoms with Crippen molar-refractivity contribution in [3.05, 3.63) is 34.7 Å². The molecular weight excluding hydrogens is 336 g/mol. The van der Waals surface area contributed by atoms with Gasteiger partial charge in [-0.05, 0) is 44.0 Å². The number of amides is 1. The van der Waals surface area contributed by atoms with Crippen molar-refractivity contribution in [1.29, 1.82) is 0 Å². The number of carbonyl (C=O) groups excluding carboxylic acids is 1. The van der Waals surface area contributed by atoms with Crippen LogP contribution in [0.5, 0.6) is 0 Å². The molecule has 128 valence electrons. The van der Waals surface area contributed by atoms with Gasteiger partial charge >= 0.3 is 0 Å². The van der Waals surface area contributed by atoms with Crippen molar-refractivity contribution in [3.8, 4) is 11.6 Å². The van der Waals surface area contributed by atoms with E-state index in [4.69, 9.17) is 4.42 Å². The number of oxazole rings is 1. The van der Waals surface area contributed by atoms with Crippen LogP contribution in [0.15, 0.2) is 33.5 Å². The Bertz CT molecular complexity index is 912. The maximum absolute atomic E-state index is 12.9. The average Bonchev–Trinajstić information content (AvgIpc) is 3.31. The molecule has 0 aliphatic carbocycles. The second-order valence-corrected chi connectivity index (χ2v) is 7.48. The number of nitrogens with zero attached hydrogens (tertiary/aromatic N) is 3. The quantitative estimate of drug-likeness (QED) is 0.783. The highest BCUT2D eigenvalue weighted by atomic mass is 32.1. The molecule has 3 aliphatic rings. The molecule has 3 saturated heterocycles. The minimum absolute atomic E-state index is 0.0672. The lowest BCUT2D eigenvalue weighted by Gasteiger charge is -2.44. The molecule has 6 nitrogen and oxygen atoms in total. The minimum Gasteiger partial charge on any atom is -0.435 e. The Hall–Kier alpha value is -2.25. The van der Waals surface area contributed by atoms with Crippen LogP contribution in [-0.4, -0.2) is 46.5 Å². The molecule has 0 radical (unpaired) electrons. The Balaban J connectivity index is 1.45. The van der Waals surface area contributed by atoms with E-state index in [0.29, 0.717) is 34.2 Å². The van der Waals surface area contributed by atoms with Crippen LogP contribution >= 0.6 is 11.3 Å². The number of hydrogen-bond donors (Lipinski definition) is 1. The maximum Gasteiger partial charge on any atom is 0.253 e. The van der Waals surface area contributed by atoms with Crippen LogP contribution in [0.3, 0.4) is 0 Å². The molecule has 1 amide bonds. The third-order valence-corrected chi connectivity index (χ3v) is 5.87. The van der Waals surface area contributed by atoms with Gasteiger partial charge in [-0.15, -0.1) is 11.3 Å². The van der Waals surface area contributed by atoms with Gasteiger partial charge in [0.15, 0.2) is 5.58 Å². The third-order valence-electron chi connectivity index (χ3n) is 5.29. The SMILES string of the molecule is O=C(NC1CN2CCC1CC2)c1cccc2oc(-c3cscn3)nc12. The molecule has 0 spiro atoms. The van der Waals surface area contributed by atoms with E-state index in [0.717, 1.165) is 19.6 Å². The Morgan fingerprint density at radius 3 is 2.92 bits per heavy atom. The van der Waals surface area contributed by atoms with E-state index in [2.05, 4.69) is 20.2 Å². The van der Waals surface area contributed by atoms with Crippen molar-refractivity contribution < 1.29 is 9.21 Å². The van der Waals surface area contributed by atoms with Gasteiger partial charge in [0, 0.05) is 18.0 Å². The number of nitrogens with one attached hydrogen (secondary N) is 1. The smallest absolute Gasteiger partial charge is 0.253 e. The Morgan fingerprint density at radius 2 is 2.20 bits per heavy atom. The first kappa shape index (κ1) is 15.0. The van der Waals surface area contributed by atoms with E-state index >= 15 is 0 Å². The minimum atomic E-state index is -0.0672. The van der Waals surface area contributed by atoms with E-state index < -0.39 is 0 Å². The highest BCUT2D eigenvalue weighted by Gasteiger charge is 2.35. The molecule has 1 aromatic carbocycles. The monoisotopic (exact) mass is 354 g/mol. The molecule has 3 aromatic rings. The maximum atomic E-state index is 12.9. The summed E-state index contributed by atoms with van der Waals surface area (Å²) in [6.45, 7) is 3.27. The molecule has 1 atom stereocenters. The van der Waals surface area contributed by atoms with Crippen molar-refractivity contribution in [1.82, 2.24) is 20.2 Å². The number of carbonyl (C=O) groups is 1. The van der Waals surface area contributed by atoms with Crippen LogP contribution in [0.4, 0.5) is 0 Å². The molecule has 3 aliphatic heterocycles. The van der Waals surface area contributed by atoms with E-state index in [1.165, 1.54) is 24.2 Å². The van der Waals surface area contributed by atoms with Gasteiger partial charge in [-0.3, -0.25) is 4.79 Å². The first-order valence-corrected chi connectivity index (χ1v) is 9.53. The Kier molecular flexibility index (Phi) is 3.57. The van der Waals surface area contributed by atoms with Gasteiger partial charge in [0.25, 0.3) is 5.91 Å². The number of rotatable bonds is 3. The number of piperidine rings is 3. The number of aromatic nitrogens is 2. The normalized spacial score (nSPS) is 25.4. The zero-order chi connectivity index (χ0) is 16.8. The van der Waals surface area contributed by atoms with E-state index in [1.807, 2.05) is 23.6 Å². The molecule has 0 saturated carbocycles. The van der Waals surface area contributed by atoms with Crippen LogP contribution in [-0.2, 0) is 0 Å². The number of benzene rings is 1. The Morgan fingerprint density at radius 1 is 1.32 bits per heavy atom. The zero-order valence-corrected chi connectivity index (χ0v) is 14.5. The van der Waals surface area contributed by atoms with Crippen molar-refractivity contribution in [2.24, 2.45) is 5.92 Å². The molecular formula is C18H18N4O2S. The van der Waals surface area contributed by atoms with E-state index in [-0.39, 0.29) is 11.9 Å². The van der Waals surface area contributed by atoms with E-state index in [1.54, 1.807) is 5.51 Å². The van der Waals surface area contributed by atoms with Crippen LogP contribution in [0.2, 0.25) is 0 Å². The lowest BCUT2D eigenvalue weighted by atomic mass is 9.84. The largest absolute Gasteiger partial charge is 0.435 e. The van der Waals surface area contributed by atoms with Gasteiger partial charge in [0.1, 0.15) is 11.2 Å². The van der Waals surface area contributed by atoms with Gasteiger partial charge in [-0.2, -0.15) is 0 Å². The van der Waals surface area contributed by atoms with Crippen LogP contribution in [0.1, 0.15) is 23.2 Å². The lowest BCUT2D eigenvalue weighted by molar-refractivity contribution is 0.0621. The molecule has 2 bridgehead atoms. The van der Waals surface area contributed by atoms with Crippen molar-refractivity contribution in [2.75, 3.05) is 19.6 Å². The molecule has 3 fully saturated rings. The van der Waals surface area contributed by atoms with E-state index in [9.17, 15) is 4.79 Å². The summed E-state index contributed by atoms with van der Waals surface area (Å²) < 4.78 is 5.79. The average molecular weight is 354 g/mol. The molecule has 1 N–H and O–H groups in total. The molecule has 1 unspecified atom stereocenters. The Labute approximate surface area is 148 Å². The van der Waals surface area contributed by atoms with Crippen LogP contribution in [0, 0.1) is 5.92 Å². The van der Waals surface area contributed by atoms with Crippen molar-refractivity contribution in [2.45, 2.75) is 18.9 Å². The summed E-state index contributed by atoms with van der Waals surface area (Å²) in [5.41, 5.74) is 4.23. The second-order valence-electron chi connectivity index (χ2n) is 6.76. The first-order valence-electron chi connectivity index (χ1n) is 8.59. The van der Waals surface area contributed by atoms with Gasteiger partial charge in [0.05, 0.1) is 11.1 Å². The van der Waals surface area contributed by atoms with Gasteiger partial charge in [-0.25, -0.2) is 9.97 Å². The number of hydrogen-bond acceptors (Lipinski definition) is 6. The van der Waals surface area contributed by atoms with Gasteiger partial charge in [0.2, 0.25) is 5.89 Å². The standard InChI is InChI=1S/C18H18N4O2S/c23-17(20-13-8-22-6-4-11(13)5-7-22)12-2-1-3-15-16(12)21-18(24-15)14-9-25-10-19-14/h1-3,9-11,13H,4-8H2,(H,20,23). The first-order chi connectivity index (χ1) is 12.3. The second kappa shape index (κ2) is 5.93. The molecule has 25 heavy (non-hydrogen) atoms. The lowest BCUT2D eigenvalue weighted by Crippen LogP contribution is -2.57. The van der Waals surface area contributed by atoms with Crippen LogP contribution in [0.25, 0.3) is 22.7 Å². The number of para-hydroxylation sites is 1. The summed E-state index contributed by atoms with van der Waals surface area (Å²) in [4.78, 5) is 24.1. The topological polar surface area (TPSA) is 71.3 Å². The van der Waals surface area contributed by atoms with Gasteiger partial charge < -0.3 is 14.6 Å². The molecule has 6 rings (SSSR count). The summed E-state index contributed by atoms with van der Waals surface area (Å²) in [6.07, 6.45) is 2.35. The fraction of sp³-hybridized carbons (Fsp3) is 0.389. The molecule has 7 heteroatoms. The summed E-state index contributed by atoms with van der Waals surface area (Å²) in [6, 6.07) is 5.72. The number of thiazole rings is 1. The van der Waals surface area contributed by atoms with Crippen molar-refractivity contribution >= 4 is 28.3 Å². The molecule has 5 heterocycles. The summed E-state index contributed by atoms with van der Waals surface area (Å²) in [5.74, 6) is 0.984. The predicted octanol–water partition coefficient (Wildman–Crippen LogP) is 2.78. The zero-order valence-electron chi connectivity index (χ0n) is 13.6. The predicted molar refractivity (Wildman–Crippen MR) is 95.5 cm³/mol. The molecule has 2 aromatic heterocycles. The summed E-state index contributed by atoms with van der Waals surface area (Å²) in [5, 5.41) is 5.11. The van der Waals surface area contributed by atoms with Crippen LogP contribution < -0.4 is 5.32 Å². The fourth-order valence-corrected chi connectivity index (χ4v) is 4.46.